The van der Waals surface area contributed by atoms with Crippen molar-refractivity contribution in [3.63, 3.8) is 0 Å². The second-order valence-electron chi connectivity index (χ2n) is 14.3. The van der Waals surface area contributed by atoms with Crippen molar-refractivity contribution in [2.24, 2.45) is 17.8 Å². The number of benzene rings is 1. The molecule has 2 unspecified atom stereocenters. The van der Waals surface area contributed by atoms with Crippen LogP contribution in [0.1, 0.15) is 78.7 Å². The molecule has 1 aliphatic rings. The molecule has 288 valence electrons. The third-order valence-electron chi connectivity index (χ3n) is 10.6. The van der Waals surface area contributed by atoms with Crippen LogP contribution >= 0.6 is 0 Å². The summed E-state index contributed by atoms with van der Waals surface area (Å²) in [6.45, 7) is 11.7. The number of methoxy groups -OCH3 is 2. The van der Waals surface area contributed by atoms with E-state index in [2.05, 4.69) is 15.6 Å². The fourth-order valence-corrected chi connectivity index (χ4v) is 7.32. The Labute approximate surface area is 307 Å². The van der Waals surface area contributed by atoms with Crippen molar-refractivity contribution in [3.8, 4) is 0 Å². The molecule has 1 aliphatic heterocycles. The molecule has 1 aromatic heterocycles. The number of nitrogens with one attached hydrogen (secondary N) is 2. The van der Waals surface area contributed by atoms with E-state index < -0.39 is 66.0 Å². The number of likely N-dealkylation sites (tertiary alicyclic amines) is 1. The summed E-state index contributed by atoms with van der Waals surface area (Å²) in [4.78, 5) is 61.3. The molecule has 3 N–H and O–H groups in total. The number of halogens is 1. The first-order valence-electron chi connectivity index (χ1n) is 18.3. The van der Waals surface area contributed by atoms with Crippen LogP contribution in [0.5, 0.6) is 0 Å². The maximum Gasteiger partial charge on any atom is 0.326 e. The van der Waals surface area contributed by atoms with Crippen LogP contribution in [0.4, 0.5) is 10.2 Å². The minimum atomic E-state index is -1.16. The molecule has 3 rings (SSSR count). The normalized spacial score (nSPS) is 19.1. The monoisotopic (exact) mass is 727 g/mol. The molecule has 12 nitrogen and oxygen atoms in total. The number of carboxylic acids is 1. The molecule has 1 aromatic carbocycles. The third kappa shape index (κ3) is 10.5. The number of pyridine rings is 1. The molecule has 52 heavy (non-hydrogen) atoms. The Hall–Kier alpha value is -4.10. The van der Waals surface area contributed by atoms with Gasteiger partial charge in [-0.2, -0.15) is 4.39 Å². The molecule has 2 aromatic rings. The highest BCUT2D eigenvalue weighted by Gasteiger charge is 2.43. The number of anilines is 1. The topological polar surface area (TPSA) is 150 Å². The number of likely N-dealkylation sites (N-methyl/N-ethyl adjacent to an activating group) is 1. The zero-order valence-electron chi connectivity index (χ0n) is 32.0. The highest BCUT2D eigenvalue weighted by molar-refractivity contribution is 5.86. The lowest BCUT2D eigenvalue weighted by molar-refractivity contribution is -0.147. The quantitative estimate of drug-likeness (QED) is 0.171. The molecule has 0 radical (unpaired) electrons. The largest absolute Gasteiger partial charge is 0.480 e. The first-order valence-corrected chi connectivity index (χ1v) is 18.3. The van der Waals surface area contributed by atoms with Crippen LogP contribution in [0.3, 0.4) is 0 Å². The van der Waals surface area contributed by atoms with Crippen LogP contribution in [0.25, 0.3) is 0 Å². The summed E-state index contributed by atoms with van der Waals surface area (Å²) in [5.74, 6) is -3.92. The van der Waals surface area contributed by atoms with Gasteiger partial charge in [0.2, 0.25) is 23.7 Å². The van der Waals surface area contributed by atoms with E-state index in [1.165, 1.54) is 26.4 Å². The molecule has 9 atom stereocenters. The summed E-state index contributed by atoms with van der Waals surface area (Å²) >= 11 is 0. The fourth-order valence-electron chi connectivity index (χ4n) is 7.32. The van der Waals surface area contributed by atoms with Crippen molar-refractivity contribution >= 4 is 29.5 Å². The van der Waals surface area contributed by atoms with Crippen molar-refractivity contribution in [3.05, 3.63) is 60.0 Å². The van der Waals surface area contributed by atoms with Gasteiger partial charge in [-0.3, -0.25) is 14.4 Å². The van der Waals surface area contributed by atoms with Crippen molar-refractivity contribution in [2.75, 3.05) is 33.1 Å². The van der Waals surface area contributed by atoms with Crippen molar-refractivity contribution in [1.82, 2.24) is 20.1 Å². The first-order chi connectivity index (χ1) is 24.7. The predicted octanol–water partition coefficient (Wildman–Crippen LogP) is 4.95. The van der Waals surface area contributed by atoms with Gasteiger partial charge in [0, 0.05) is 33.7 Å². The van der Waals surface area contributed by atoms with Crippen LogP contribution < -0.4 is 10.6 Å². The van der Waals surface area contributed by atoms with Gasteiger partial charge in [-0.15, -0.1) is 0 Å². The molecule has 1 fully saturated rings. The molecule has 13 heteroatoms. The van der Waals surface area contributed by atoms with E-state index in [1.54, 1.807) is 36.8 Å². The Morgan fingerprint density at radius 1 is 1.00 bits per heavy atom. The molecule has 0 spiro atoms. The summed E-state index contributed by atoms with van der Waals surface area (Å²) in [6.07, 6.45) is 0.650. The minimum Gasteiger partial charge on any atom is -0.480 e. The minimum absolute atomic E-state index is 0.0163. The SMILES string of the molecule is CC[C@H](C)[C@@H]([C@@H](CC(=O)N1CCC[C@H]1[C@H](OC)[C@@H](C)C(=O)NC(C(=O)O)C(C)c1ccccc1)OC)N(C)C(=O)[C@@H](Nc1cccc(F)n1)C(C)C. The van der Waals surface area contributed by atoms with E-state index in [0.717, 1.165) is 5.56 Å². The number of nitrogens with zero attached hydrogens (tertiary/aromatic N) is 3. The third-order valence-corrected chi connectivity index (χ3v) is 10.6. The maximum atomic E-state index is 14.1. The number of aliphatic carboxylic acids is 1. The fraction of sp³-hybridized carbons (Fsp3) is 0.615. The van der Waals surface area contributed by atoms with Crippen LogP contribution in [-0.4, -0.2) is 108 Å². The molecule has 2 heterocycles. The van der Waals surface area contributed by atoms with Gasteiger partial charge in [0.15, 0.2) is 0 Å². The second-order valence-corrected chi connectivity index (χ2v) is 14.3. The summed E-state index contributed by atoms with van der Waals surface area (Å²) in [6, 6.07) is 10.7. The van der Waals surface area contributed by atoms with Gasteiger partial charge < -0.3 is 35.0 Å². The van der Waals surface area contributed by atoms with Gasteiger partial charge in [-0.25, -0.2) is 9.78 Å². The zero-order chi connectivity index (χ0) is 38.7. The summed E-state index contributed by atoms with van der Waals surface area (Å²) in [5, 5.41) is 15.8. The Morgan fingerprint density at radius 3 is 2.23 bits per heavy atom. The summed E-state index contributed by atoms with van der Waals surface area (Å²) in [5.41, 5.74) is 0.786. The van der Waals surface area contributed by atoms with Crippen molar-refractivity contribution < 1.29 is 38.1 Å². The highest BCUT2D eigenvalue weighted by atomic mass is 19.1. The number of hydrogen-bond acceptors (Lipinski definition) is 8. The van der Waals surface area contributed by atoms with Crippen LogP contribution in [0.15, 0.2) is 48.5 Å². The summed E-state index contributed by atoms with van der Waals surface area (Å²) in [7, 11) is 4.73. The van der Waals surface area contributed by atoms with Crippen LogP contribution in [0.2, 0.25) is 0 Å². The number of hydrogen-bond donors (Lipinski definition) is 3. The van der Waals surface area contributed by atoms with Gasteiger partial charge >= 0.3 is 5.97 Å². The standard InChI is InChI=1S/C39H58FN5O7/c1-10-24(4)35(44(7)38(48)33(23(2)3)42-31-20-14-19-30(40)41-31)29(51-8)22-32(46)45-21-15-18-28(45)36(52-9)26(6)37(47)43-34(39(49)50)25(5)27-16-12-11-13-17-27/h11-14,16-17,19-20,23-26,28-29,33-36H,10,15,18,21-22H2,1-9H3,(H,41,42)(H,43,47)(H,49,50)/t24-,25?,26+,28-,29+,33-,34?,35-,36+/m0/s1. The molecular formula is C39H58FN5O7. The van der Waals surface area contributed by atoms with Crippen molar-refractivity contribution in [1.29, 1.82) is 0 Å². The number of amides is 3. The van der Waals surface area contributed by atoms with Crippen molar-refractivity contribution in [2.45, 2.75) is 110 Å². The molecular weight excluding hydrogens is 669 g/mol. The van der Waals surface area contributed by atoms with Gasteiger partial charge in [-0.1, -0.05) is 84.4 Å². The van der Waals surface area contributed by atoms with E-state index >= 15 is 0 Å². The average Bonchev–Trinajstić information content (AvgIpc) is 3.61. The van der Waals surface area contributed by atoms with Gasteiger partial charge in [0.1, 0.15) is 17.9 Å². The number of aromatic nitrogens is 1. The number of ether oxygens (including phenoxy) is 2. The van der Waals surface area contributed by atoms with Crippen LogP contribution in [0, 0.1) is 23.7 Å². The van der Waals surface area contributed by atoms with E-state index in [1.807, 2.05) is 58.0 Å². The van der Waals surface area contributed by atoms with Gasteiger partial charge in [0.25, 0.3) is 0 Å². The number of carbonyl (C=O) groups excluding carboxylic acids is 3. The van der Waals surface area contributed by atoms with Gasteiger partial charge in [-0.05, 0) is 42.4 Å². The molecule has 0 saturated carbocycles. The predicted molar refractivity (Wildman–Crippen MR) is 197 cm³/mol. The number of carbonyl (C=O) groups is 4. The Balaban J connectivity index is 1.78. The Bertz CT molecular complexity index is 1480. The smallest absolute Gasteiger partial charge is 0.326 e. The molecule has 1 saturated heterocycles. The lowest BCUT2D eigenvalue weighted by Crippen LogP contribution is -2.56. The molecule has 0 bridgehead atoms. The Morgan fingerprint density at radius 2 is 1.67 bits per heavy atom. The number of rotatable bonds is 19. The van der Waals surface area contributed by atoms with E-state index in [9.17, 15) is 28.7 Å². The lowest BCUT2D eigenvalue weighted by Gasteiger charge is -2.41. The van der Waals surface area contributed by atoms with E-state index in [4.69, 9.17) is 9.47 Å². The number of carboxylic acid groups (broad SMARTS) is 1. The second kappa shape index (κ2) is 19.7. The van der Waals surface area contributed by atoms with Crippen LogP contribution in [-0.2, 0) is 28.7 Å². The van der Waals surface area contributed by atoms with E-state index in [-0.39, 0.29) is 35.9 Å². The molecule has 0 aliphatic carbocycles. The average molecular weight is 728 g/mol. The van der Waals surface area contributed by atoms with Gasteiger partial charge in [0.05, 0.1) is 36.6 Å². The molecule has 3 amide bonds. The highest BCUT2D eigenvalue weighted by Crippen LogP contribution is 2.30. The first kappa shape index (κ1) is 42.3. The summed E-state index contributed by atoms with van der Waals surface area (Å²) < 4.78 is 25.7. The Kier molecular flexibility index (Phi) is 16.0. The zero-order valence-corrected chi connectivity index (χ0v) is 32.0. The van der Waals surface area contributed by atoms with E-state index in [0.29, 0.717) is 25.8 Å². The lowest BCUT2D eigenvalue weighted by atomic mass is 9.89. The maximum absolute atomic E-state index is 14.1.